The summed E-state index contributed by atoms with van der Waals surface area (Å²) in [5.41, 5.74) is 2.88. The normalized spacial score (nSPS) is 15.3. The highest BCUT2D eigenvalue weighted by molar-refractivity contribution is 5.93. The molecule has 0 spiro atoms. The van der Waals surface area contributed by atoms with Crippen LogP contribution in [0.2, 0.25) is 0 Å². The van der Waals surface area contributed by atoms with Crippen molar-refractivity contribution in [2.45, 2.75) is 65.0 Å². The van der Waals surface area contributed by atoms with E-state index in [1.807, 2.05) is 105 Å². The SMILES string of the molecule is CC(C)C[C@@H](NC(=O)[C@H](CCc1ccccc1)CC(=O)CN1CCOCC1)C(=O)C[C@@H](Cc1ccccc1)C(=O)OCc1ccccc1. The van der Waals surface area contributed by atoms with Crippen LogP contribution >= 0.6 is 0 Å². The van der Waals surface area contributed by atoms with Crippen molar-refractivity contribution < 1.29 is 28.7 Å². The zero-order valence-corrected chi connectivity index (χ0v) is 28.4. The third kappa shape index (κ3) is 12.8. The number of rotatable bonds is 19. The highest BCUT2D eigenvalue weighted by Gasteiger charge is 2.32. The number of esters is 1. The van der Waals surface area contributed by atoms with Crippen molar-refractivity contribution in [3.8, 4) is 0 Å². The van der Waals surface area contributed by atoms with Crippen LogP contribution in [0.3, 0.4) is 0 Å². The summed E-state index contributed by atoms with van der Waals surface area (Å²) in [6, 6.07) is 28.1. The summed E-state index contributed by atoms with van der Waals surface area (Å²) in [6.07, 6.45) is 1.92. The monoisotopic (exact) mass is 654 g/mol. The first-order chi connectivity index (χ1) is 23.3. The van der Waals surface area contributed by atoms with Gasteiger partial charge in [0.1, 0.15) is 12.4 Å². The largest absolute Gasteiger partial charge is 0.461 e. The fraction of sp³-hybridized carbons (Fsp3) is 0.450. The molecule has 1 saturated heterocycles. The van der Waals surface area contributed by atoms with Crippen LogP contribution in [0.5, 0.6) is 0 Å². The molecule has 0 bridgehead atoms. The molecule has 1 aliphatic rings. The standard InChI is InChI=1S/C40H50N2O6/c1-30(2)24-37(38(44)27-35(25-32-14-8-4-9-15-32)40(46)48-29-33-16-10-5-11-17-33)41-39(45)34(19-18-31-12-6-3-7-13-31)26-36(43)28-42-20-22-47-23-21-42/h3-17,30,34-35,37H,18-29H2,1-2H3,(H,41,45)/t34-,35-,37-/m1/s1. The number of carbonyl (C=O) groups excluding carboxylic acids is 4. The fourth-order valence-corrected chi connectivity index (χ4v) is 6.06. The number of nitrogens with zero attached hydrogens (tertiary/aromatic N) is 1. The Bertz CT molecular complexity index is 1420. The number of hydrogen-bond acceptors (Lipinski definition) is 7. The number of aryl methyl sites for hydroxylation is 1. The predicted molar refractivity (Wildman–Crippen MR) is 186 cm³/mol. The zero-order valence-electron chi connectivity index (χ0n) is 28.4. The smallest absolute Gasteiger partial charge is 0.310 e. The van der Waals surface area contributed by atoms with Crippen molar-refractivity contribution in [1.82, 2.24) is 10.2 Å². The van der Waals surface area contributed by atoms with Gasteiger partial charge in [-0.3, -0.25) is 24.1 Å². The van der Waals surface area contributed by atoms with E-state index in [4.69, 9.17) is 9.47 Å². The number of morpholine rings is 1. The highest BCUT2D eigenvalue weighted by Crippen LogP contribution is 2.21. The van der Waals surface area contributed by atoms with Gasteiger partial charge in [0.15, 0.2) is 5.78 Å². The quantitative estimate of drug-likeness (QED) is 0.168. The minimum absolute atomic E-state index is 0.000865. The van der Waals surface area contributed by atoms with Gasteiger partial charge in [-0.15, -0.1) is 0 Å². The Labute approximate surface area is 285 Å². The minimum atomic E-state index is -0.786. The Balaban J connectivity index is 1.46. The Morgan fingerprint density at radius 2 is 1.35 bits per heavy atom. The van der Waals surface area contributed by atoms with E-state index in [2.05, 4.69) is 10.2 Å². The molecule has 1 amide bonds. The molecular formula is C40H50N2O6. The maximum atomic E-state index is 14.0. The third-order valence-corrected chi connectivity index (χ3v) is 8.71. The molecule has 0 unspecified atom stereocenters. The zero-order chi connectivity index (χ0) is 34.1. The lowest BCUT2D eigenvalue weighted by atomic mass is 9.88. The van der Waals surface area contributed by atoms with Crippen molar-refractivity contribution in [1.29, 1.82) is 0 Å². The molecule has 3 aromatic rings. The van der Waals surface area contributed by atoms with E-state index >= 15 is 0 Å². The fourth-order valence-electron chi connectivity index (χ4n) is 6.06. The molecule has 8 nitrogen and oxygen atoms in total. The number of ketones is 2. The maximum Gasteiger partial charge on any atom is 0.310 e. The molecule has 256 valence electrons. The number of benzene rings is 3. The average Bonchev–Trinajstić information content (AvgIpc) is 3.10. The van der Waals surface area contributed by atoms with Gasteiger partial charge in [-0.1, -0.05) is 105 Å². The number of nitrogens with one attached hydrogen (secondary N) is 1. The molecule has 3 aromatic carbocycles. The van der Waals surface area contributed by atoms with Gasteiger partial charge in [-0.2, -0.15) is 0 Å². The lowest BCUT2D eigenvalue weighted by Crippen LogP contribution is -2.46. The number of hydrogen-bond donors (Lipinski definition) is 1. The Kier molecular flexibility index (Phi) is 15.0. The molecule has 0 aliphatic carbocycles. The second kappa shape index (κ2) is 19.6. The first-order valence-electron chi connectivity index (χ1n) is 17.2. The Morgan fingerprint density at radius 3 is 1.96 bits per heavy atom. The van der Waals surface area contributed by atoms with Crippen LogP contribution in [0.25, 0.3) is 0 Å². The number of Topliss-reactive ketones (excluding diaryl/α,β-unsaturated/α-hetero) is 2. The molecule has 1 fully saturated rings. The summed E-state index contributed by atoms with van der Waals surface area (Å²) in [4.78, 5) is 56.6. The topological polar surface area (TPSA) is 102 Å². The molecule has 3 atom stereocenters. The number of amides is 1. The molecule has 1 N–H and O–H groups in total. The van der Waals surface area contributed by atoms with E-state index in [1.165, 1.54) is 0 Å². The van der Waals surface area contributed by atoms with Gasteiger partial charge in [-0.25, -0.2) is 0 Å². The van der Waals surface area contributed by atoms with Crippen LogP contribution in [0.15, 0.2) is 91.0 Å². The lowest BCUT2D eigenvalue weighted by molar-refractivity contribution is -0.151. The molecule has 8 heteroatoms. The van der Waals surface area contributed by atoms with Crippen LogP contribution in [-0.2, 0) is 48.1 Å². The first-order valence-corrected chi connectivity index (χ1v) is 17.2. The van der Waals surface area contributed by atoms with Crippen molar-refractivity contribution in [3.05, 3.63) is 108 Å². The van der Waals surface area contributed by atoms with E-state index in [-0.39, 0.29) is 49.4 Å². The Morgan fingerprint density at radius 1 is 0.771 bits per heavy atom. The van der Waals surface area contributed by atoms with Crippen LogP contribution in [0, 0.1) is 17.8 Å². The second-order valence-corrected chi connectivity index (χ2v) is 13.2. The van der Waals surface area contributed by atoms with Gasteiger partial charge in [0.05, 0.1) is 31.7 Å². The number of ether oxygens (including phenoxy) is 2. The number of carbonyl (C=O) groups is 4. The van der Waals surface area contributed by atoms with Crippen molar-refractivity contribution in [2.75, 3.05) is 32.8 Å². The molecule has 0 aromatic heterocycles. The molecule has 1 heterocycles. The van der Waals surface area contributed by atoms with Crippen molar-refractivity contribution in [2.24, 2.45) is 17.8 Å². The van der Waals surface area contributed by atoms with Gasteiger partial charge >= 0.3 is 5.97 Å². The highest BCUT2D eigenvalue weighted by atomic mass is 16.5. The summed E-state index contributed by atoms with van der Waals surface area (Å²) in [6.45, 7) is 6.96. The van der Waals surface area contributed by atoms with Gasteiger partial charge in [0.2, 0.25) is 5.91 Å². The van der Waals surface area contributed by atoms with E-state index in [9.17, 15) is 19.2 Å². The molecule has 1 aliphatic heterocycles. The predicted octanol–water partition coefficient (Wildman–Crippen LogP) is 5.62. The second-order valence-electron chi connectivity index (χ2n) is 13.2. The van der Waals surface area contributed by atoms with E-state index < -0.39 is 23.8 Å². The van der Waals surface area contributed by atoms with Crippen LogP contribution in [-0.4, -0.2) is 67.2 Å². The summed E-state index contributed by atoms with van der Waals surface area (Å²) < 4.78 is 11.1. The van der Waals surface area contributed by atoms with E-state index in [1.54, 1.807) is 0 Å². The Hall–Kier alpha value is -4.14. The molecular weight excluding hydrogens is 604 g/mol. The summed E-state index contributed by atoms with van der Waals surface area (Å²) in [5, 5.41) is 3.03. The van der Waals surface area contributed by atoms with E-state index in [0.717, 1.165) is 16.7 Å². The summed E-state index contributed by atoms with van der Waals surface area (Å²) in [5.74, 6) is -2.14. The molecule has 0 saturated carbocycles. The maximum absolute atomic E-state index is 14.0. The van der Waals surface area contributed by atoms with Crippen molar-refractivity contribution >= 4 is 23.4 Å². The summed E-state index contributed by atoms with van der Waals surface area (Å²) in [7, 11) is 0. The van der Waals surface area contributed by atoms with Gasteiger partial charge in [0, 0.05) is 31.8 Å². The molecule has 4 rings (SSSR count). The van der Waals surface area contributed by atoms with Crippen LogP contribution in [0.4, 0.5) is 0 Å². The van der Waals surface area contributed by atoms with Crippen molar-refractivity contribution in [3.63, 3.8) is 0 Å². The van der Waals surface area contributed by atoms with Gasteiger partial charge < -0.3 is 14.8 Å². The first kappa shape index (κ1) is 36.7. The van der Waals surface area contributed by atoms with Gasteiger partial charge in [-0.05, 0) is 48.3 Å². The van der Waals surface area contributed by atoms with Gasteiger partial charge in [0.25, 0.3) is 0 Å². The van der Waals surface area contributed by atoms with Crippen LogP contribution < -0.4 is 5.32 Å². The molecule has 48 heavy (non-hydrogen) atoms. The lowest BCUT2D eigenvalue weighted by Gasteiger charge is -2.27. The van der Waals surface area contributed by atoms with Crippen LogP contribution in [0.1, 0.15) is 56.2 Å². The molecule has 0 radical (unpaired) electrons. The average molecular weight is 655 g/mol. The third-order valence-electron chi connectivity index (χ3n) is 8.71. The summed E-state index contributed by atoms with van der Waals surface area (Å²) >= 11 is 0. The van der Waals surface area contributed by atoms with E-state index in [0.29, 0.717) is 52.0 Å². The minimum Gasteiger partial charge on any atom is -0.461 e.